The molecule has 0 bridgehead atoms. The zero-order valence-electron chi connectivity index (χ0n) is 9.74. The summed E-state index contributed by atoms with van der Waals surface area (Å²) in [7, 11) is 0. The van der Waals surface area contributed by atoms with Crippen LogP contribution in [-0.4, -0.2) is 43.2 Å². The smallest absolute Gasteiger partial charge is 0.323 e. The van der Waals surface area contributed by atoms with Crippen LogP contribution in [0.2, 0.25) is 0 Å². The lowest BCUT2D eigenvalue weighted by Gasteiger charge is -2.25. The Balaban J connectivity index is 2.45. The molecule has 1 fully saturated rings. The van der Waals surface area contributed by atoms with Crippen LogP contribution in [0, 0.1) is 5.92 Å². The maximum absolute atomic E-state index is 11.6. The van der Waals surface area contributed by atoms with Gasteiger partial charge in [-0.1, -0.05) is 6.92 Å². The van der Waals surface area contributed by atoms with Crippen LogP contribution >= 0.6 is 0 Å². The van der Waals surface area contributed by atoms with Crippen molar-refractivity contribution in [2.45, 2.75) is 32.7 Å². The third kappa shape index (κ3) is 3.47. The molecule has 1 aliphatic rings. The van der Waals surface area contributed by atoms with Crippen molar-refractivity contribution in [3.8, 4) is 0 Å². The summed E-state index contributed by atoms with van der Waals surface area (Å²) in [6, 6.07) is -0.0288. The lowest BCUT2D eigenvalue weighted by Crippen LogP contribution is -2.40. The van der Waals surface area contributed by atoms with Gasteiger partial charge >= 0.3 is 5.97 Å². The first-order valence-corrected chi connectivity index (χ1v) is 5.79. The van der Waals surface area contributed by atoms with Crippen LogP contribution in [0.5, 0.6) is 0 Å². The average molecular weight is 214 g/mol. The van der Waals surface area contributed by atoms with Crippen LogP contribution in [0.1, 0.15) is 26.7 Å². The Morgan fingerprint density at radius 2 is 2.40 bits per heavy atom. The highest BCUT2D eigenvalue weighted by atomic mass is 16.5. The SMILES string of the molecule is CCOC(=O)C1CCCN1C[C@@H](C)CN. The van der Waals surface area contributed by atoms with Crippen molar-refractivity contribution < 1.29 is 9.53 Å². The van der Waals surface area contributed by atoms with Gasteiger partial charge in [-0.15, -0.1) is 0 Å². The van der Waals surface area contributed by atoms with Gasteiger partial charge in [-0.2, -0.15) is 0 Å². The normalized spacial score (nSPS) is 24.1. The summed E-state index contributed by atoms with van der Waals surface area (Å²) in [6.07, 6.45) is 2.01. The molecule has 88 valence electrons. The van der Waals surface area contributed by atoms with E-state index in [4.69, 9.17) is 10.5 Å². The quantitative estimate of drug-likeness (QED) is 0.681. The van der Waals surface area contributed by atoms with Gasteiger partial charge in [0, 0.05) is 6.54 Å². The Bertz CT molecular complexity index is 209. The number of nitrogens with two attached hydrogens (primary N) is 1. The van der Waals surface area contributed by atoms with Crippen molar-refractivity contribution >= 4 is 5.97 Å². The van der Waals surface area contributed by atoms with Gasteiger partial charge in [0.15, 0.2) is 0 Å². The Kier molecular flexibility index (Phi) is 5.05. The molecule has 1 unspecified atom stereocenters. The third-order valence-corrected chi connectivity index (χ3v) is 2.87. The van der Waals surface area contributed by atoms with Crippen LogP contribution in [-0.2, 0) is 9.53 Å². The minimum atomic E-state index is -0.0702. The van der Waals surface area contributed by atoms with E-state index in [1.165, 1.54) is 0 Å². The summed E-state index contributed by atoms with van der Waals surface area (Å²) in [4.78, 5) is 13.8. The molecule has 2 atom stereocenters. The molecule has 0 radical (unpaired) electrons. The van der Waals surface area contributed by atoms with E-state index < -0.39 is 0 Å². The second kappa shape index (κ2) is 6.08. The molecule has 0 saturated carbocycles. The van der Waals surface area contributed by atoms with E-state index in [-0.39, 0.29) is 12.0 Å². The zero-order chi connectivity index (χ0) is 11.3. The summed E-state index contributed by atoms with van der Waals surface area (Å²) in [5, 5.41) is 0. The lowest BCUT2D eigenvalue weighted by molar-refractivity contribution is -0.148. The average Bonchev–Trinajstić information content (AvgIpc) is 2.66. The predicted octanol–water partition coefficient (Wildman–Crippen LogP) is 0.609. The Morgan fingerprint density at radius 3 is 3.00 bits per heavy atom. The maximum atomic E-state index is 11.6. The van der Waals surface area contributed by atoms with Gasteiger partial charge in [0.25, 0.3) is 0 Å². The number of likely N-dealkylation sites (tertiary alicyclic amines) is 1. The largest absolute Gasteiger partial charge is 0.465 e. The number of nitrogens with zero attached hydrogens (tertiary/aromatic N) is 1. The summed E-state index contributed by atoms with van der Waals surface area (Å²) in [6.45, 7) is 7.00. The molecular weight excluding hydrogens is 192 g/mol. The van der Waals surface area contributed by atoms with Crippen molar-refractivity contribution in [2.75, 3.05) is 26.2 Å². The minimum Gasteiger partial charge on any atom is -0.465 e. The number of hydrogen-bond acceptors (Lipinski definition) is 4. The molecule has 4 heteroatoms. The molecule has 2 N–H and O–H groups in total. The molecule has 1 aliphatic heterocycles. The fraction of sp³-hybridized carbons (Fsp3) is 0.909. The minimum absolute atomic E-state index is 0.0288. The van der Waals surface area contributed by atoms with Gasteiger partial charge in [-0.3, -0.25) is 9.69 Å². The van der Waals surface area contributed by atoms with Crippen molar-refractivity contribution in [3.05, 3.63) is 0 Å². The maximum Gasteiger partial charge on any atom is 0.323 e. The molecule has 1 rings (SSSR count). The molecular formula is C11H22N2O2. The number of esters is 1. The monoisotopic (exact) mass is 214 g/mol. The molecule has 4 nitrogen and oxygen atoms in total. The second-order valence-electron chi connectivity index (χ2n) is 4.25. The predicted molar refractivity (Wildman–Crippen MR) is 59.4 cm³/mol. The van der Waals surface area contributed by atoms with Gasteiger partial charge < -0.3 is 10.5 Å². The Labute approximate surface area is 91.8 Å². The number of hydrogen-bond donors (Lipinski definition) is 1. The molecule has 1 saturated heterocycles. The highest BCUT2D eigenvalue weighted by molar-refractivity contribution is 5.76. The fourth-order valence-corrected chi connectivity index (χ4v) is 2.02. The summed E-state index contributed by atoms with van der Waals surface area (Å²) >= 11 is 0. The van der Waals surface area contributed by atoms with Gasteiger partial charge in [-0.25, -0.2) is 0 Å². The number of rotatable bonds is 5. The first kappa shape index (κ1) is 12.5. The Morgan fingerprint density at radius 1 is 1.67 bits per heavy atom. The molecule has 0 aromatic heterocycles. The Hall–Kier alpha value is -0.610. The van der Waals surface area contributed by atoms with Crippen molar-refractivity contribution in [1.82, 2.24) is 4.90 Å². The van der Waals surface area contributed by atoms with E-state index >= 15 is 0 Å². The highest BCUT2D eigenvalue weighted by Crippen LogP contribution is 2.19. The first-order chi connectivity index (χ1) is 7.19. The molecule has 1 heterocycles. The molecule has 0 amide bonds. The molecule has 15 heavy (non-hydrogen) atoms. The summed E-state index contributed by atoms with van der Waals surface area (Å²) in [5.74, 6) is 0.374. The highest BCUT2D eigenvalue weighted by Gasteiger charge is 2.31. The van der Waals surface area contributed by atoms with E-state index in [0.29, 0.717) is 19.1 Å². The van der Waals surface area contributed by atoms with Gasteiger partial charge in [0.05, 0.1) is 6.61 Å². The number of carbonyl (C=O) groups is 1. The van der Waals surface area contributed by atoms with Gasteiger partial charge in [-0.05, 0) is 38.8 Å². The fourth-order valence-electron chi connectivity index (χ4n) is 2.02. The third-order valence-electron chi connectivity index (χ3n) is 2.87. The molecule has 0 spiro atoms. The summed E-state index contributed by atoms with van der Waals surface area (Å²) < 4.78 is 5.06. The molecule has 0 aromatic carbocycles. The van der Waals surface area contributed by atoms with Crippen molar-refractivity contribution in [3.63, 3.8) is 0 Å². The number of carbonyl (C=O) groups excluding carboxylic acids is 1. The van der Waals surface area contributed by atoms with Crippen molar-refractivity contribution in [1.29, 1.82) is 0 Å². The van der Waals surface area contributed by atoms with Gasteiger partial charge in [0.2, 0.25) is 0 Å². The van der Waals surface area contributed by atoms with Crippen LogP contribution in [0.4, 0.5) is 0 Å². The molecule has 0 aliphatic carbocycles. The first-order valence-electron chi connectivity index (χ1n) is 5.79. The van der Waals surface area contributed by atoms with Crippen molar-refractivity contribution in [2.24, 2.45) is 11.7 Å². The van der Waals surface area contributed by atoms with E-state index in [1.54, 1.807) is 0 Å². The molecule has 0 aromatic rings. The van der Waals surface area contributed by atoms with Crippen LogP contribution < -0.4 is 5.73 Å². The van der Waals surface area contributed by atoms with E-state index in [1.807, 2.05) is 6.92 Å². The summed E-state index contributed by atoms with van der Waals surface area (Å²) in [5.41, 5.74) is 5.59. The van der Waals surface area contributed by atoms with E-state index in [0.717, 1.165) is 25.9 Å². The van der Waals surface area contributed by atoms with E-state index in [9.17, 15) is 4.79 Å². The van der Waals surface area contributed by atoms with Crippen LogP contribution in [0.15, 0.2) is 0 Å². The van der Waals surface area contributed by atoms with Crippen LogP contribution in [0.25, 0.3) is 0 Å². The standard InChI is InChI=1S/C11H22N2O2/c1-3-15-11(14)10-5-4-6-13(10)8-9(2)7-12/h9-10H,3-8,12H2,1-2H3/t9-,10?/m0/s1. The lowest BCUT2D eigenvalue weighted by atomic mass is 10.1. The van der Waals surface area contributed by atoms with Crippen LogP contribution in [0.3, 0.4) is 0 Å². The zero-order valence-corrected chi connectivity index (χ0v) is 9.74. The second-order valence-corrected chi connectivity index (χ2v) is 4.25. The topological polar surface area (TPSA) is 55.6 Å². The van der Waals surface area contributed by atoms with E-state index in [2.05, 4.69) is 11.8 Å². The van der Waals surface area contributed by atoms with Gasteiger partial charge in [0.1, 0.15) is 6.04 Å². The number of ether oxygens (including phenoxy) is 1.